The van der Waals surface area contributed by atoms with Gasteiger partial charge in [0.05, 0.1) is 27.7 Å². The zero-order chi connectivity index (χ0) is 16.3. The minimum Gasteiger partial charge on any atom is -0.350 e. The molecule has 1 amide bonds. The van der Waals surface area contributed by atoms with E-state index in [2.05, 4.69) is 17.3 Å². The maximum atomic E-state index is 12.5. The van der Waals surface area contributed by atoms with Crippen LogP contribution in [0.5, 0.6) is 0 Å². The SMILES string of the molecule is CCCc1nn(-c2ccccc2Cl)c(C)c1C(=O)NC(C)C. The van der Waals surface area contributed by atoms with Gasteiger partial charge in [0, 0.05) is 6.04 Å². The highest BCUT2D eigenvalue weighted by Crippen LogP contribution is 2.24. The number of hydrogen-bond donors (Lipinski definition) is 1. The van der Waals surface area contributed by atoms with Crippen molar-refractivity contribution in [2.45, 2.75) is 46.6 Å². The highest BCUT2D eigenvalue weighted by Gasteiger charge is 2.22. The van der Waals surface area contributed by atoms with Gasteiger partial charge in [-0.25, -0.2) is 4.68 Å². The lowest BCUT2D eigenvalue weighted by molar-refractivity contribution is 0.0941. The number of para-hydroxylation sites is 1. The van der Waals surface area contributed by atoms with Gasteiger partial charge in [0.2, 0.25) is 0 Å². The molecule has 0 saturated carbocycles. The molecule has 0 bridgehead atoms. The first-order valence-corrected chi connectivity index (χ1v) is 7.97. The Morgan fingerprint density at radius 2 is 2.05 bits per heavy atom. The van der Waals surface area contributed by atoms with E-state index in [1.54, 1.807) is 4.68 Å². The molecule has 118 valence electrons. The van der Waals surface area contributed by atoms with Crippen LogP contribution in [0.2, 0.25) is 5.02 Å². The summed E-state index contributed by atoms with van der Waals surface area (Å²) in [5.41, 5.74) is 3.09. The lowest BCUT2D eigenvalue weighted by atomic mass is 10.1. The van der Waals surface area contributed by atoms with E-state index in [1.165, 1.54) is 0 Å². The molecular weight excluding hydrogens is 298 g/mol. The molecule has 22 heavy (non-hydrogen) atoms. The molecule has 0 atom stereocenters. The molecule has 0 unspecified atom stereocenters. The second-order valence-electron chi connectivity index (χ2n) is 5.65. The Balaban J connectivity index is 2.54. The lowest BCUT2D eigenvalue weighted by Crippen LogP contribution is -2.31. The molecule has 0 spiro atoms. The molecule has 0 radical (unpaired) electrons. The van der Waals surface area contributed by atoms with Gasteiger partial charge in [-0.05, 0) is 39.3 Å². The van der Waals surface area contributed by atoms with Gasteiger partial charge >= 0.3 is 0 Å². The summed E-state index contributed by atoms with van der Waals surface area (Å²) >= 11 is 6.27. The van der Waals surface area contributed by atoms with Crippen molar-refractivity contribution in [1.82, 2.24) is 15.1 Å². The molecule has 1 aromatic carbocycles. The lowest BCUT2D eigenvalue weighted by Gasteiger charge is -2.10. The fraction of sp³-hybridized carbons (Fsp3) is 0.412. The maximum absolute atomic E-state index is 12.5. The van der Waals surface area contributed by atoms with Crippen LogP contribution in [0.25, 0.3) is 5.69 Å². The standard InChI is InChI=1S/C17H22ClN3O/c1-5-8-14-16(17(22)19-11(2)3)12(4)21(20-14)15-10-7-6-9-13(15)18/h6-7,9-11H,5,8H2,1-4H3,(H,19,22). The van der Waals surface area contributed by atoms with Gasteiger partial charge in [0.25, 0.3) is 5.91 Å². The van der Waals surface area contributed by atoms with Crippen LogP contribution < -0.4 is 5.32 Å². The Hall–Kier alpha value is -1.81. The van der Waals surface area contributed by atoms with E-state index in [4.69, 9.17) is 11.6 Å². The molecule has 1 N–H and O–H groups in total. The number of rotatable bonds is 5. The van der Waals surface area contributed by atoms with Gasteiger partial charge in [-0.3, -0.25) is 4.79 Å². The molecule has 2 rings (SSSR count). The second kappa shape index (κ2) is 6.97. The van der Waals surface area contributed by atoms with Gasteiger partial charge in [-0.2, -0.15) is 5.10 Å². The van der Waals surface area contributed by atoms with Gasteiger partial charge in [0.1, 0.15) is 0 Å². The summed E-state index contributed by atoms with van der Waals surface area (Å²) in [6.07, 6.45) is 1.69. The third-order valence-electron chi connectivity index (χ3n) is 3.40. The maximum Gasteiger partial charge on any atom is 0.255 e. The topological polar surface area (TPSA) is 46.9 Å². The highest BCUT2D eigenvalue weighted by atomic mass is 35.5. The predicted octanol–water partition coefficient (Wildman–Crippen LogP) is 3.92. The quantitative estimate of drug-likeness (QED) is 0.907. The molecule has 0 fully saturated rings. The fourth-order valence-corrected chi connectivity index (χ4v) is 2.68. The zero-order valence-corrected chi connectivity index (χ0v) is 14.2. The molecule has 4 nitrogen and oxygen atoms in total. The van der Waals surface area contributed by atoms with Crippen molar-refractivity contribution < 1.29 is 4.79 Å². The largest absolute Gasteiger partial charge is 0.350 e. The molecule has 0 aliphatic carbocycles. The highest BCUT2D eigenvalue weighted by molar-refractivity contribution is 6.32. The third-order valence-corrected chi connectivity index (χ3v) is 3.72. The van der Waals surface area contributed by atoms with Crippen molar-refractivity contribution in [2.24, 2.45) is 0 Å². The van der Waals surface area contributed by atoms with Crippen LogP contribution in [-0.4, -0.2) is 21.7 Å². The van der Waals surface area contributed by atoms with Gasteiger partial charge in [-0.1, -0.05) is 37.1 Å². The van der Waals surface area contributed by atoms with E-state index >= 15 is 0 Å². The number of hydrogen-bond acceptors (Lipinski definition) is 2. The summed E-state index contributed by atoms with van der Waals surface area (Å²) in [4.78, 5) is 12.5. The van der Waals surface area contributed by atoms with E-state index in [1.807, 2.05) is 45.0 Å². The van der Waals surface area contributed by atoms with Crippen molar-refractivity contribution in [3.05, 3.63) is 46.2 Å². The van der Waals surface area contributed by atoms with Crippen molar-refractivity contribution in [1.29, 1.82) is 0 Å². The normalized spacial score (nSPS) is 11.0. The minimum atomic E-state index is -0.0748. The Morgan fingerprint density at radius 3 is 2.64 bits per heavy atom. The molecule has 0 aliphatic rings. The van der Waals surface area contributed by atoms with E-state index in [9.17, 15) is 4.79 Å². The van der Waals surface area contributed by atoms with Crippen molar-refractivity contribution in [2.75, 3.05) is 0 Å². The van der Waals surface area contributed by atoms with E-state index < -0.39 is 0 Å². The van der Waals surface area contributed by atoms with Crippen LogP contribution in [0, 0.1) is 6.92 Å². The number of benzene rings is 1. The average Bonchev–Trinajstić information content (AvgIpc) is 2.76. The molecule has 0 aliphatic heterocycles. The Bertz CT molecular complexity index is 677. The summed E-state index contributed by atoms with van der Waals surface area (Å²) in [6.45, 7) is 7.88. The number of carbonyl (C=O) groups excluding carboxylic acids is 1. The number of nitrogens with zero attached hydrogens (tertiary/aromatic N) is 2. The summed E-state index contributed by atoms with van der Waals surface area (Å²) in [5.74, 6) is -0.0748. The number of carbonyl (C=O) groups is 1. The number of halogens is 1. The van der Waals surface area contributed by atoms with Gasteiger partial charge < -0.3 is 5.32 Å². The third kappa shape index (κ3) is 3.33. The summed E-state index contributed by atoms with van der Waals surface area (Å²) in [7, 11) is 0. The summed E-state index contributed by atoms with van der Waals surface area (Å²) in [6, 6.07) is 7.61. The predicted molar refractivity (Wildman–Crippen MR) is 89.9 cm³/mol. The monoisotopic (exact) mass is 319 g/mol. The van der Waals surface area contributed by atoms with Crippen molar-refractivity contribution in [3.63, 3.8) is 0 Å². The molecular formula is C17H22ClN3O. The van der Waals surface area contributed by atoms with Crippen molar-refractivity contribution in [3.8, 4) is 5.69 Å². The molecule has 1 aromatic heterocycles. The minimum absolute atomic E-state index is 0.0748. The summed E-state index contributed by atoms with van der Waals surface area (Å²) < 4.78 is 1.77. The number of aryl methyl sites for hydroxylation is 1. The zero-order valence-electron chi connectivity index (χ0n) is 13.5. The molecule has 5 heteroatoms. The van der Waals surface area contributed by atoms with Gasteiger partial charge in [-0.15, -0.1) is 0 Å². The van der Waals surface area contributed by atoms with Crippen molar-refractivity contribution >= 4 is 17.5 Å². The van der Waals surface area contributed by atoms with Crippen LogP contribution >= 0.6 is 11.6 Å². The first-order chi connectivity index (χ1) is 10.5. The molecule has 2 aromatic rings. The van der Waals surface area contributed by atoms with Crippen LogP contribution in [0.1, 0.15) is 48.9 Å². The Labute approximate surface area is 136 Å². The van der Waals surface area contributed by atoms with Gasteiger partial charge in [0.15, 0.2) is 0 Å². The van der Waals surface area contributed by atoms with E-state index in [0.717, 1.165) is 29.9 Å². The number of amides is 1. The Morgan fingerprint density at radius 1 is 1.36 bits per heavy atom. The van der Waals surface area contributed by atoms with Crippen LogP contribution in [-0.2, 0) is 6.42 Å². The number of aromatic nitrogens is 2. The van der Waals surface area contributed by atoms with Crippen LogP contribution in [0.3, 0.4) is 0 Å². The fourth-order valence-electron chi connectivity index (χ4n) is 2.46. The second-order valence-corrected chi connectivity index (χ2v) is 6.06. The first kappa shape index (κ1) is 16.6. The average molecular weight is 320 g/mol. The smallest absolute Gasteiger partial charge is 0.255 e. The van der Waals surface area contributed by atoms with E-state index in [-0.39, 0.29) is 11.9 Å². The summed E-state index contributed by atoms with van der Waals surface area (Å²) in [5, 5.41) is 8.20. The first-order valence-electron chi connectivity index (χ1n) is 7.60. The van der Waals surface area contributed by atoms with Crippen LogP contribution in [0.4, 0.5) is 0 Å². The Kier molecular flexibility index (Phi) is 5.24. The van der Waals surface area contributed by atoms with E-state index in [0.29, 0.717) is 10.6 Å². The number of nitrogens with one attached hydrogen (secondary N) is 1. The van der Waals surface area contributed by atoms with Crippen LogP contribution in [0.15, 0.2) is 24.3 Å². The molecule has 1 heterocycles. The molecule has 0 saturated heterocycles.